The number of imidazole rings is 1. The van der Waals surface area contributed by atoms with Gasteiger partial charge in [0.15, 0.2) is 0 Å². The maximum Gasteiger partial charge on any atom is 0.128 e. The minimum atomic E-state index is 0.178. The van der Waals surface area contributed by atoms with Gasteiger partial charge in [-0.3, -0.25) is 4.90 Å². The summed E-state index contributed by atoms with van der Waals surface area (Å²) < 4.78 is 8.15. The van der Waals surface area contributed by atoms with Gasteiger partial charge in [0.1, 0.15) is 11.6 Å². The average molecular weight is 341 g/mol. The van der Waals surface area contributed by atoms with Gasteiger partial charge < -0.3 is 14.2 Å². The van der Waals surface area contributed by atoms with E-state index in [1.807, 2.05) is 24.7 Å². The summed E-state index contributed by atoms with van der Waals surface area (Å²) in [7, 11) is 2.07. The Balaban J connectivity index is 1.49. The number of ether oxygens (including phenoxy) is 1. The van der Waals surface area contributed by atoms with Crippen molar-refractivity contribution >= 4 is 5.82 Å². The monoisotopic (exact) mass is 341 g/mol. The van der Waals surface area contributed by atoms with E-state index < -0.39 is 0 Å². The van der Waals surface area contributed by atoms with Gasteiger partial charge in [0, 0.05) is 50.7 Å². The summed E-state index contributed by atoms with van der Waals surface area (Å²) in [6, 6.07) is 6.14. The number of aryl methyl sites for hydroxylation is 1. The Labute approximate surface area is 149 Å². The van der Waals surface area contributed by atoms with E-state index in [4.69, 9.17) is 4.74 Å². The van der Waals surface area contributed by atoms with Gasteiger partial charge in [-0.2, -0.15) is 0 Å². The molecule has 6 heteroatoms. The number of hydrogen-bond acceptors (Lipinski definition) is 5. The topological polar surface area (TPSA) is 46.4 Å². The Morgan fingerprint density at radius 3 is 2.92 bits per heavy atom. The van der Waals surface area contributed by atoms with Crippen LogP contribution in [-0.4, -0.2) is 58.8 Å². The zero-order chi connectivity index (χ0) is 17.1. The van der Waals surface area contributed by atoms with Crippen LogP contribution in [0.1, 0.15) is 18.7 Å². The first-order chi connectivity index (χ1) is 12.2. The fourth-order valence-electron chi connectivity index (χ4n) is 4.17. The van der Waals surface area contributed by atoms with Crippen LogP contribution < -0.4 is 4.90 Å². The molecule has 0 aliphatic carbocycles. The van der Waals surface area contributed by atoms with Crippen LogP contribution in [0.3, 0.4) is 0 Å². The molecule has 2 saturated heterocycles. The lowest BCUT2D eigenvalue weighted by molar-refractivity contribution is 0.00967. The second kappa shape index (κ2) is 7.14. The van der Waals surface area contributed by atoms with Gasteiger partial charge >= 0.3 is 0 Å². The van der Waals surface area contributed by atoms with Crippen molar-refractivity contribution in [1.29, 1.82) is 0 Å². The van der Waals surface area contributed by atoms with Crippen LogP contribution in [0.25, 0.3) is 0 Å². The van der Waals surface area contributed by atoms with Crippen molar-refractivity contribution in [3.8, 4) is 0 Å². The van der Waals surface area contributed by atoms with Gasteiger partial charge in [-0.1, -0.05) is 6.07 Å². The molecule has 0 unspecified atom stereocenters. The molecule has 134 valence electrons. The van der Waals surface area contributed by atoms with Gasteiger partial charge in [0.05, 0.1) is 19.8 Å². The largest absolute Gasteiger partial charge is 0.379 e. The molecule has 2 aromatic heterocycles. The first-order valence-corrected chi connectivity index (χ1v) is 9.16. The highest BCUT2D eigenvalue weighted by atomic mass is 16.5. The molecule has 1 atom stereocenters. The molecule has 6 nitrogen and oxygen atoms in total. The van der Waals surface area contributed by atoms with Crippen molar-refractivity contribution in [2.75, 3.05) is 44.3 Å². The summed E-state index contributed by atoms with van der Waals surface area (Å²) in [5.74, 6) is 2.20. The van der Waals surface area contributed by atoms with Crippen molar-refractivity contribution in [2.45, 2.75) is 19.4 Å². The van der Waals surface area contributed by atoms with E-state index >= 15 is 0 Å². The summed E-state index contributed by atoms with van der Waals surface area (Å²) >= 11 is 0. The normalized spacial score (nSPS) is 25.2. The summed E-state index contributed by atoms with van der Waals surface area (Å²) in [5.41, 5.74) is 0.178. The molecular weight excluding hydrogens is 314 g/mol. The van der Waals surface area contributed by atoms with Crippen molar-refractivity contribution in [3.05, 3.63) is 42.6 Å². The van der Waals surface area contributed by atoms with Gasteiger partial charge in [0.2, 0.25) is 0 Å². The Morgan fingerprint density at radius 1 is 1.16 bits per heavy atom. The minimum Gasteiger partial charge on any atom is -0.379 e. The van der Waals surface area contributed by atoms with Gasteiger partial charge in [-0.15, -0.1) is 0 Å². The number of nitrogens with zero attached hydrogens (tertiary/aromatic N) is 5. The van der Waals surface area contributed by atoms with Crippen molar-refractivity contribution in [1.82, 2.24) is 19.4 Å². The van der Waals surface area contributed by atoms with Crippen LogP contribution in [0.15, 0.2) is 36.8 Å². The second-order valence-corrected chi connectivity index (χ2v) is 7.43. The highest BCUT2D eigenvalue weighted by Gasteiger charge is 2.39. The third-order valence-corrected chi connectivity index (χ3v) is 5.44. The number of rotatable bonds is 3. The lowest BCUT2D eigenvalue weighted by Gasteiger charge is -2.43. The first kappa shape index (κ1) is 16.5. The number of anilines is 1. The molecule has 2 aromatic rings. The fourth-order valence-corrected chi connectivity index (χ4v) is 4.17. The molecule has 0 amide bonds. The highest BCUT2D eigenvalue weighted by Crippen LogP contribution is 2.34. The molecule has 25 heavy (non-hydrogen) atoms. The van der Waals surface area contributed by atoms with E-state index in [-0.39, 0.29) is 5.41 Å². The lowest BCUT2D eigenvalue weighted by atomic mass is 9.80. The Hall–Kier alpha value is -1.92. The molecule has 0 N–H and O–H groups in total. The predicted molar refractivity (Wildman–Crippen MR) is 97.4 cm³/mol. The predicted octanol–water partition coefficient (Wildman–Crippen LogP) is 1.93. The van der Waals surface area contributed by atoms with Gasteiger partial charge in [0.25, 0.3) is 0 Å². The number of aromatic nitrogens is 3. The van der Waals surface area contributed by atoms with E-state index in [0.717, 1.165) is 57.6 Å². The third kappa shape index (κ3) is 3.70. The quantitative estimate of drug-likeness (QED) is 0.854. The van der Waals surface area contributed by atoms with Gasteiger partial charge in [-0.25, -0.2) is 9.97 Å². The van der Waals surface area contributed by atoms with E-state index in [2.05, 4.69) is 43.5 Å². The molecule has 4 rings (SSSR count). The van der Waals surface area contributed by atoms with Crippen LogP contribution in [0.4, 0.5) is 5.82 Å². The molecular formula is C19H27N5O. The third-order valence-electron chi connectivity index (χ3n) is 5.44. The van der Waals surface area contributed by atoms with E-state index in [9.17, 15) is 0 Å². The molecule has 0 radical (unpaired) electrons. The van der Waals surface area contributed by atoms with E-state index in [1.54, 1.807) is 0 Å². The molecule has 0 bridgehead atoms. The van der Waals surface area contributed by atoms with Crippen molar-refractivity contribution in [2.24, 2.45) is 12.5 Å². The van der Waals surface area contributed by atoms with Crippen LogP contribution in [0.5, 0.6) is 0 Å². The molecule has 0 saturated carbocycles. The summed E-state index contributed by atoms with van der Waals surface area (Å²) in [5, 5.41) is 0. The van der Waals surface area contributed by atoms with Crippen molar-refractivity contribution in [3.63, 3.8) is 0 Å². The van der Waals surface area contributed by atoms with Crippen LogP contribution in [0, 0.1) is 5.41 Å². The maximum atomic E-state index is 6.03. The molecule has 2 aliphatic heterocycles. The molecule has 0 aromatic carbocycles. The zero-order valence-electron chi connectivity index (χ0n) is 15.0. The number of hydrogen-bond donors (Lipinski definition) is 0. The smallest absolute Gasteiger partial charge is 0.128 e. The minimum absolute atomic E-state index is 0.178. The summed E-state index contributed by atoms with van der Waals surface area (Å²) in [6.45, 7) is 6.65. The molecule has 2 aliphatic rings. The lowest BCUT2D eigenvalue weighted by Crippen LogP contribution is -2.50. The highest BCUT2D eigenvalue weighted by molar-refractivity contribution is 5.38. The summed E-state index contributed by atoms with van der Waals surface area (Å²) in [4.78, 5) is 14.0. The van der Waals surface area contributed by atoms with E-state index in [1.165, 1.54) is 12.8 Å². The van der Waals surface area contributed by atoms with Gasteiger partial charge in [-0.05, 0) is 31.5 Å². The average Bonchev–Trinajstić information content (AvgIpc) is 2.92. The Bertz CT molecular complexity index is 688. The molecule has 4 heterocycles. The fraction of sp³-hybridized carbons (Fsp3) is 0.579. The Morgan fingerprint density at radius 2 is 2.12 bits per heavy atom. The Kier molecular flexibility index (Phi) is 4.72. The molecule has 1 spiro atoms. The van der Waals surface area contributed by atoms with Crippen LogP contribution >= 0.6 is 0 Å². The number of pyridine rings is 1. The SMILES string of the molecule is Cn1ccnc1CN1CCC[C@]2(COCCN(c3ccccn3)C2)C1. The van der Waals surface area contributed by atoms with Crippen LogP contribution in [-0.2, 0) is 18.3 Å². The first-order valence-electron chi connectivity index (χ1n) is 9.16. The standard InChI is InChI=1S/C19H27N5O/c1-22-10-8-21-18(22)13-23-9-4-6-19(14-23)15-24(11-12-25-16-19)17-5-2-3-7-20-17/h2-3,5,7-8,10H,4,6,9,11-16H2,1H3/t19-/m0/s1. The number of likely N-dealkylation sites (tertiary alicyclic amines) is 1. The number of piperidine rings is 1. The van der Waals surface area contributed by atoms with E-state index in [0.29, 0.717) is 0 Å². The maximum absolute atomic E-state index is 6.03. The van der Waals surface area contributed by atoms with Crippen molar-refractivity contribution < 1.29 is 4.74 Å². The van der Waals surface area contributed by atoms with Crippen LogP contribution in [0.2, 0.25) is 0 Å². The zero-order valence-corrected chi connectivity index (χ0v) is 15.0. The summed E-state index contributed by atoms with van der Waals surface area (Å²) in [6.07, 6.45) is 8.21. The molecule has 2 fully saturated rings. The second-order valence-electron chi connectivity index (χ2n) is 7.43.